The first-order valence-corrected chi connectivity index (χ1v) is 6.21. The summed E-state index contributed by atoms with van der Waals surface area (Å²) in [5, 5.41) is 0. The van der Waals surface area contributed by atoms with Crippen LogP contribution in [0, 0.1) is 5.41 Å². The second-order valence-corrected chi connectivity index (χ2v) is 6.46. The Kier molecular flexibility index (Phi) is 4.31. The normalized spacial score (nSPS) is 22.8. The van der Waals surface area contributed by atoms with Gasteiger partial charge in [-0.15, -0.1) is 0 Å². The van der Waals surface area contributed by atoms with Crippen molar-refractivity contribution in [1.82, 2.24) is 0 Å². The Hall–Kier alpha value is -1.79. The van der Waals surface area contributed by atoms with E-state index in [0.29, 0.717) is 0 Å². The number of cyclic esters (lactones) is 2. The monoisotopic (exact) mass is 288 g/mol. The van der Waals surface area contributed by atoms with Crippen LogP contribution in [0.5, 0.6) is 0 Å². The highest BCUT2D eigenvalue weighted by atomic mass is 16.8. The molecule has 7 nitrogen and oxygen atoms in total. The van der Waals surface area contributed by atoms with Crippen molar-refractivity contribution in [1.29, 1.82) is 0 Å². The number of esters is 2. The van der Waals surface area contributed by atoms with Crippen molar-refractivity contribution < 1.29 is 33.3 Å². The van der Waals surface area contributed by atoms with Gasteiger partial charge in [-0.1, -0.05) is 0 Å². The SMILES string of the molecule is CC(C)(C)OC(=O)C1OC(=O)OC1OC(=O)C(C)(C)C. The van der Waals surface area contributed by atoms with Crippen molar-refractivity contribution in [2.75, 3.05) is 0 Å². The topological polar surface area (TPSA) is 88.1 Å². The fourth-order valence-electron chi connectivity index (χ4n) is 1.23. The van der Waals surface area contributed by atoms with Gasteiger partial charge in [-0.05, 0) is 41.5 Å². The molecule has 2 atom stereocenters. The van der Waals surface area contributed by atoms with Gasteiger partial charge in [-0.2, -0.15) is 0 Å². The minimum Gasteiger partial charge on any atom is -0.457 e. The number of hydrogen-bond donors (Lipinski definition) is 0. The van der Waals surface area contributed by atoms with Gasteiger partial charge < -0.3 is 18.9 Å². The Bertz CT molecular complexity index is 413. The molecular weight excluding hydrogens is 268 g/mol. The molecule has 0 N–H and O–H groups in total. The summed E-state index contributed by atoms with van der Waals surface area (Å²) in [5.41, 5.74) is -1.56. The quantitative estimate of drug-likeness (QED) is 0.565. The summed E-state index contributed by atoms with van der Waals surface area (Å²) >= 11 is 0. The third-order valence-electron chi connectivity index (χ3n) is 2.16. The summed E-state index contributed by atoms with van der Waals surface area (Å²) in [6.07, 6.45) is -3.91. The van der Waals surface area contributed by atoms with E-state index < -0.39 is 41.5 Å². The minimum atomic E-state index is -1.43. The van der Waals surface area contributed by atoms with Crippen LogP contribution in [0.2, 0.25) is 0 Å². The lowest BCUT2D eigenvalue weighted by Gasteiger charge is -2.24. The molecule has 2 unspecified atom stereocenters. The number of rotatable bonds is 2. The van der Waals surface area contributed by atoms with E-state index >= 15 is 0 Å². The number of hydrogen-bond acceptors (Lipinski definition) is 7. The molecule has 1 fully saturated rings. The van der Waals surface area contributed by atoms with Crippen LogP contribution in [0.25, 0.3) is 0 Å². The highest BCUT2D eigenvalue weighted by molar-refractivity contribution is 5.82. The third kappa shape index (κ3) is 4.40. The van der Waals surface area contributed by atoms with E-state index in [1.54, 1.807) is 41.5 Å². The van der Waals surface area contributed by atoms with Crippen molar-refractivity contribution >= 4 is 18.1 Å². The molecule has 0 amide bonds. The Labute approximate surface area is 117 Å². The molecule has 1 heterocycles. The molecule has 7 heteroatoms. The number of ether oxygens (including phenoxy) is 4. The molecule has 114 valence electrons. The maximum atomic E-state index is 11.9. The van der Waals surface area contributed by atoms with E-state index in [1.165, 1.54) is 0 Å². The summed E-state index contributed by atoms with van der Waals surface area (Å²) in [4.78, 5) is 34.8. The molecule has 0 aromatic heterocycles. The Morgan fingerprint density at radius 1 is 1.05 bits per heavy atom. The van der Waals surface area contributed by atoms with E-state index in [4.69, 9.17) is 9.47 Å². The Morgan fingerprint density at radius 2 is 1.60 bits per heavy atom. The minimum absolute atomic E-state index is 0.616. The predicted octanol–water partition coefficient (Wildman–Crippen LogP) is 1.78. The predicted molar refractivity (Wildman–Crippen MR) is 66.5 cm³/mol. The van der Waals surface area contributed by atoms with Crippen LogP contribution in [-0.2, 0) is 28.5 Å². The van der Waals surface area contributed by atoms with Gasteiger partial charge in [0.2, 0.25) is 0 Å². The van der Waals surface area contributed by atoms with E-state index in [2.05, 4.69) is 9.47 Å². The number of carbonyl (C=O) groups excluding carboxylic acids is 3. The first-order valence-electron chi connectivity index (χ1n) is 6.21. The van der Waals surface area contributed by atoms with E-state index in [-0.39, 0.29) is 0 Å². The molecule has 20 heavy (non-hydrogen) atoms. The number of carbonyl (C=O) groups is 3. The summed E-state index contributed by atoms with van der Waals surface area (Å²) in [7, 11) is 0. The van der Waals surface area contributed by atoms with Crippen molar-refractivity contribution in [2.24, 2.45) is 5.41 Å². The fourth-order valence-corrected chi connectivity index (χ4v) is 1.23. The van der Waals surface area contributed by atoms with Gasteiger partial charge in [0, 0.05) is 0 Å². The molecule has 0 spiro atoms. The average Bonchev–Trinajstić information content (AvgIpc) is 2.55. The summed E-state index contributed by atoms with van der Waals surface area (Å²) < 4.78 is 19.4. The first-order chi connectivity index (χ1) is 8.90. The zero-order chi connectivity index (χ0) is 15.7. The van der Waals surface area contributed by atoms with E-state index in [9.17, 15) is 14.4 Å². The van der Waals surface area contributed by atoms with Crippen LogP contribution in [0.1, 0.15) is 41.5 Å². The second kappa shape index (κ2) is 5.30. The molecule has 0 aliphatic carbocycles. The highest BCUT2D eigenvalue weighted by Gasteiger charge is 2.47. The van der Waals surface area contributed by atoms with Crippen LogP contribution < -0.4 is 0 Å². The van der Waals surface area contributed by atoms with Crippen molar-refractivity contribution in [3.8, 4) is 0 Å². The largest absolute Gasteiger partial charge is 0.512 e. The maximum Gasteiger partial charge on any atom is 0.512 e. The lowest BCUT2D eigenvalue weighted by atomic mass is 9.97. The fraction of sp³-hybridized carbons (Fsp3) is 0.769. The molecular formula is C13H20O7. The van der Waals surface area contributed by atoms with E-state index in [1.807, 2.05) is 0 Å². The molecule has 0 aromatic carbocycles. The zero-order valence-electron chi connectivity index (χ0n) is 12.5. The third-order valence-corrected chi connectivity index (χ3v) is 2.16. The van der Waals surface area contributed by atoms with Crippen molar-refractivity contribution in [3.05, 3.63) is 0 Å². The maximum absolute atomic E-state index is 11.9. The summed E-state index contributed by atoms with van der Waals surface area (Å²) in [6.45, 7) is 9.90. The smallest absolute Gasteiger partial charge is 0.457 e. The van der Waals surface area contributed by atoms with Gasteiger partial charge in [0.15, 0.2) is 0 Å². The van der Waals surface area contributed by atoms with Crippen molar-refractivity contribution in [3.63, 3.8) is 0 Å². The summed E-state index contributed by atoms with van der Waals surface area (Å²) in [6, 6.07) is 0. The van der Waals surface area contributed by atoms with Crippen molar-refractivity contribution in [2.45, 2.75) is 59.5 Å². The second-order valence-electron chi connectivity index (χ2n) is 6.46. The van der Waals surface area contributed by atoms with Gasteiger partial charge in [-0.25, -0.2) is 9.59 Å². The lowest BCUT2D eigenvalue weighted by Crippen LogP contribution is -2.41. The van der Waals surface area contributed by atoms with Gasteiger partial charge in [0.1, 0.15) is 5.60 Å². The van der Waals surface area contributed by atoms with Gasteiger partial charge in [-0.3, -0.25) is 4.79 Å². The average molecular weight is 288 g/mol. The van der Waals surface area contributed by atoms with Crippen LogP contribution in [0.3, 0.4) is 0 Å². The molecule has 1 rings (SSSR count). The zero-order valence-corrected chi connectivity index (χ0v) is 12.5. The Morgan fingerprint density at radius 3 is 2.05 bits per heavy atom. The standard InChI is InChI=1S/C13H20O7/c1-12(2,3)10(15)18-9-7(17-11(16)19-9)8(14)20-13(4,5)6/h7,9H,1-6H3. The molecule has 1 aliphatic heterocycles. The molecule has 1 saturated heterocycles. The molecule has 0 bridgehead atoms. The molecule has 1 aliphatic rings. The summed E-state index contributed by atoms with van der Waals surface area (Å²) in [5.74, 6) is -1.44. The van der Waals surface area contributed by atoms with E-state index in [0.717, 1.165) is 0 Å². The van der Waals surface area contributed by atoms with Crippen LogP contribution in [0.15, 0.2) is 0 Å². The molecule has 0 radical (unpaired) electrons. The Balaban J connectivity index is 2.77. The van der Waals surface area contributed by atoms with Gasteiger partial charge >= 0.3 is 18.1 Å². The first kappa shape index (κ1) is 16.3. The molecule has 0 saturated carbocycles. The molecule has 0 aromatic rings. The van der Waals surface area contributed by atoms with Crippen LogP contribution >= 0.6 is 0 Å². The highest BCUT2D eigenvalue weighted by Crippen LogP contribution is 2.24. The lowest BCUT2D eigenvalue weighted by molar-refractivity contribution is -0.187. The van der Waals surface area contributed by atoms with Gasteiger partial charge in [0.05, 0.1) is 5.41 Å². The van der Waals surface area contributed by atoms with Crippen LogP contribution in [-0.4, -0.2) is 36.1 Å². The van der Waals surface area contributed by atoms with Gasteiger partial charge in [0.25, 0.3) is 12.4 Å². The van der Waals surface area contributed by atoms with Crippen LogP contribution in [0.4, 0.5) is 4.79 Å².